The van der Waals surface area contributed by atoms with Crippen LogP contribution >= 0.6 is 0 Å². The first kappa shape index (κ1) is 12.0. The highest BCUT2D eigenvalue weighted by Gasteiger charge is 2.25. The summed E-state index contributed by atoms with van der Waals surface area (Å²) in [5.74, 6) is 0. The second-order valence-electron chi connectivity index (χ2n) is 5.25. The SMILES string of the molecule is O=c1n(CCNC2CCOCC2)ccn1C1CC1. The van der Waals surface area contributed by atoms with Crippen molar-refractivity contribution < 1.29 is 4.74 Å². The van der Waals surface area contributed by atoms with Crippen molar-refractivity contribution in [1.29, 1.82) is 0 Å². The number of nitrogens with zero attached hydrogens (tertiary/aromatic N) is 2. The molecule has 3 rings (SSSR count). The fourth-order valence-corrected chi connectivity index (χ4v) is 2.52. The summed E-state index contributed by atoms with van der Waals surface area (Å²) in [5.41, 5.74) is 0.145. The molecule has 2 aliphatic rings. The predicted octanol–water partition coefficient (Wildman–Crippen LogP) is 0.753. The highest BCUT2D eigenvalue weighted by atomic mass is 16.5. The minimum Gasteiger partial charge on any atom is -0.381 e. The van der Waals surface area contributed by atoms with Crippen LogP contribution in [0.1, 0.15) is 31.7 Å². The highest BCUT2D eigenvalue weighted by molar-refractivity contribution is 4.91. The molecule has 2 heterocycles. The van der Waals surface area contributed by atoms with Gasteiger partial charge in [-0.05, 0) is 25.7 Å². The lowest BCUT2D eigenvalue weighted by Gasteiger charge is -2.23. The van der Waals surface area contributed by atoms with Gasteiger partial charge >= 0.3 is 5.69 Å². The summed E-state index contributed by atoms with van der Waals surface area (Å²) >= 11 is 0. The normalized spacial score (nSPS) is 21.3. The van der Waals surface area contributed by atoms with Crippen LogP contribution in [0.25, 0.3) is 0 Å². The Kier molecular flexibility index (Phi) is 3.52. The molecule has 1 N–H and O–H groups in total. The Bertz CT molecular complexity index is 441. The van der Waals surface area contributed by atoms with Crippen molar-refractivity contribution in [3.8, 4) is 0 Å². The molecule has 1 aliphatic carbocycles. The summed E-state index contributed by atoms with van der Waals surface area (Å²) in [6.45, 7) is 3.33. The van der Waals surface area contributed by atoms with Crippen molar-refractivity contribution in [1.82, 2.24) is 14.5 Å². The van der Waals surface area contributed by atoms with Crippen molar-refractivity contribution in [3.63, 3.8) is 0 Å². The van der Waals surface area contributed by atoms with Crippen LogP contribution in [0, 0.1) is 0 Å². The molecule has 0 radical (unpaired) electrons. The van der Waals surface area contributed by atoms with Crippen LogP contribution in [0.5, 0.6) is 0 Å². The van der Waals surface area contributed by atoms with Crippen molar-refractivity contribution in [2.75, 3.05) is 19.8 Å². The minimum absolute atomic E-state index is 0.145. The minimum atomic E-state index is 0.145. The van der Waals surface area contributed by atoms with E-state index in [0.29, 0.717) is 12.1 Å². The summed E-state index contributed by atoms with van der Waals surface area (Å²) in [4.78, 5) is 12.0. The zero-order valence-corrected chi connectivity index (χ0v) is 10.7. The highest BCUT2D eigenvalue weighted by Crippen LogP contribution is 2.33. The lowest BCUT2D eigenvalue weighted by molar-refractivity contribution is 0.0778. The molecular formula is C13H21N3O2. The van der Waals surface area contributed by atoms with Crippen LogP contribution in [0.15, 0.2) is 17.2 Å². The maximum Gasteiger partial charge on any atom is 0.328 e. The first-order valence-corrected chi connectivity index (χ1v) is 6.93. The second-order valence-corrected chi connectivity index (χ2v) is 5.25. The molecule has 1 aliphatic heterocycles. The number of hydrogen-bond donors (Lipinski definition) is 1. The van der Waals surface area contributed by atoms with Crippen LogP contribution < -0.4 is 11.0 Å². The smallest absolute Gasteiger partial charge is 0.328 e. The second kappa shape index (κ2) is 5.28. The molecule has 1 aromatic rings. The van der Waals surface area contributed by atoms with Crippen LogP contribution in [0.4, 0.5) is 0 Å². The van der Waals surface area contributed by atoms with Crippen molar-refractivity contribution in [3.05, 3.63) is 22.9 Å². The van der Waals surface area contributed by atoms with Crippen molar-refractivity contribution in [2.45, 2.75) is 44.3 Å². The molecule has 5 heteroatoms. The summed E-state index contributed by atoms with van der Waals surface area (Å²) in [7, 11) is 0. The van der Waals surface area contributed by atoms with Gasteiger partial charge in [0.2, 0.25) is 0 Å². The lowest BCUT2D eigenvalue weighted by Crippen LogP contribution is -2.37. The van der Waals surface area contributed by atoms with Gasteiger partial charge in [0.1, 0.15) is 0 Å². The Morgan fingerprint density at radius 1 is 1.22 bits per heavy atom. The fourth-order valence-electron chi connectivity index (χ4n) is 2.52. The van der Waals surface area contributed by atoms with Crippen LogP contribution in [-0.2, 0) is 11.3 Å². The van der Waals surface area contributed by atoms with E-state index in [0.717, 1.165) is 52.0 Å². The lowest BCUT2D eigenvalue weighted by atomic mass is 10.1. The molecule has 1 saturated heterocycles. The molecule has 2 fully saturated rings. The Labute approximate surface area is 107 Å². The molecule has 0 unspecified atom stereocenters. The standard InChI is InChI=1S/C13H21N3O2/c17-13-15(7-8-16(13)12-1-2-12)6-5-14-11-3-9-18-10-4-11/h7-8,11-12,14H,1-6,9-10H2. The predicted molar refractivity (Wildman–Crippen MR) is 68.8 cm³/mol. The molecule has 0 spiro atoms. The third kappa shape index (κ3) is 2.67. The third-order valence-electron chi connectivity index (χ3n) is 3.82. The Balaban J connectivity index is 1.49. The van der Waals surface area contributed by atoms with E-state index in [-0.39, 0.29) is 5.69 Å². The largest absolute Gasteiger partial charge is 0.381 e. The molecular weight excluding hydrogens is 230 g/mol. The summed E-state index contributed by atoms with van der Waals surface area (Å²) in [6.07, 6.45) is 8.31. The zero-order valence-electron chi connectivity index (χ0n) is 10.7. The Morgan fingerprint density at radius 3 is 2.72 bits per heavy atom. The summed E-state index contributed by atoms with van der Waals surface area (Å²) in [6, 6.07) is 1.03. The van der Waals surface area contributed by atoms with E-state index in [1.54, 1.807) is 0 Å². The molecule has 1 aromatic heterocycles. The van der Waals surface area contributed by atoms with E-state index in [4.69, 9.17) is 4.74 Å². The third-order valence-corrected chi connectivity index (χ3v) is 3.82. The number of imidazole rings is 1. The molecule has 0 aromatic carbocycles. The molecule has 0 atom stereocenters. The van der Waals surface area contributed by atoms with E-state index >= 15 is 0 Å². The van der Waals surface area contributed by atoms with Crippen LogP contribution in [0.2, 0.25) is 0 Å². The van der Waals surface area contributed by atoms with Gasteiger partial charge in [-0.3, -0.25) is 9.13 Å². The Morgan fingerprint density at radius 2 is 2.00 bits per heavy atom. The van der Waals surface area contributed by atoms with Gasteiger partial charge in [0, 0.05) is 50.8 Å². The van der Waals surface area contributed by atoms with Gasteiger partial charge in [-0.15, -0.1) is 0 Å². The van der Waals surface area contributed by atoms with Gasteiger partial charge < -0.3 is 10.1 Å². The van der Waals surface area contributed by atoms with Crippen molar-refractivity contribution in [2.24, 2.45) is 0 Å². The van der Waals surface area contributed by atoms with E-state index in [2.05, 4.69) is 5.32 Å². The molecule has 1 saturated carbocycles. The molecule has 0 amide bonds. The van der Waals surface area contributed by atoms with Gasteiger partial charge in [0.05, 0.1) is 0 Å². The van der Waals surface area contributed by atoms with Crippen molar-refractivity contribution >= 4 is 0 Å². The number of rotatable bonds is 5. The van der Waals surface area contributed by atoms with Crippen LogP contribution in [0.3, 0.4) is 0 Å². The fraction of sp³-hybridized carbons (Fsp3) is 0.769. The average molecular weight is 251 g/mol. The van der Waals surface area contributed by atoms with E-state index in [9.17, 15) is 4.79 Å². The van der Waals surface area contributed by atoms with Crippen LogP contribution in [-0.4, -0.2) is 34.9 Å². The molecule has 5 nitrogen and oxygen atoms in total. The number of hydrogen-bond acceptors (Lipinski definition) is 3. The monoisotopic (exact) mass is 251 g/mol. The van der Waals surface area contributed by atoms with E-state index in [1.807, 2.05) is 21.5 Å². The zero-order chi connectivity index (χ0) is 12.4. The number of aromatic nitrogens is 2. The first-order valence-electron chi connectivity index (χ1n) is 6.93. The Hall–Kier alpha value is -1.07. The van der Waals surface area contributed by atoms with Gasteiger partial charge in [-0.1, -0.05) is 0 Å². The maximum atomic E-state index is 12.0. The topological polar surface area (TPSA) is 48.2 Å². The molecule has 0 bridgehead atoms. The maximum absolute atomic E-state index is 12.0. The summed E-state index contributed by atoms with van der Waals surface area (Å²) < 4.78 is 9.00. The van der Waals surface area contributed by atoms with Gasteiger partial charge in [0.25, 0.3) is 0 Å². The number of nitrogens with one attached hydrogen (secondary N) is 1. The number of ether oxygens (including phenoxy) is 1. The summed E-state index contributed by atoms with van der Waals surface area (Å²) in [5, 5.41) is 3.50. The van der Waals surface area contributed by atoms with E-state index < -0.39 is 0 Å². The molecule has 18 heavy (non-hydrogen) atoms. The van der Waals surface area contributed by atoms with Gasteiger partial charge in [-0.25, -0.2) is 4.79 Å². The molecule has 100 valence electrons. The van der Waals surface area contributed by atoms with Gasteiger partial charge in [0.15, 0.2) is 0 Å². The average Bonchev–Trinajstić information content (AvgIpc) is 3.17. The quantitative estimate of drug-likeness (QED) is 0.840. The first-order chi connectivity index (χ1) is 8.84. The van der Waals surface area contributed by atoms with Gasteiger partial charge in [-0.2, -0.15) is 0 Å². The van der Waals surface area contributed by atoms with E-state index in [1.165, 1.54) is 0 Å².